The lowest BCUT2D eigenvalue weighted by molar-refractivity contribution is -0.136. The van der Waals surface area contributed by atoms with Gasteiger partial charge in [0.05, 0.1) is 19.8 Å². The molecule has 0 aliphatic carbocycles. The molecule has 0 aromatic rings. The van der Waals surface area contributed by atoms with Gasteiger partial charge in [-0.2, -0.15) is 0 Å². The van der Waals surface area contributed by atoms with E-state index >= 15 is 0 Å². The highest BCUT2D eigenvalue weighted by atomic mass is 16.5. The Bertz CT molecular complexity index is 329. The summed E-state index contributed by atoms with van der Waals surface area (Å²) < 4.78 is 5.25. The van der Waals surface area contributed by atoms with E-state index in [0.29, 0.717) is 32.8 Å². The van der Waals surface area contributed by atoms with E-state index in [0.717, 1.165) is 32.6 Å². The van der Waals surface area contributed by atoms with E-state index in [9.17, 15) is 9.59 Å². The third-order valence-electron chi connectivity index (χ3n) is 3.76. The molecular weight excluding hydrogens is 246 g/mol. The summed E-state index contributed by atoms with van der Waals surface area (Å²) in [4.78, 5) is 29.4. The van der Waals surface area contributed by atoms with Gasteiger partial charge in [-0.05, 0) is 6.42 Å². The summed E-state index contributed by atoms with van der Waals surface area (Å²) in [5.74, 6) is 0.306. The monoisotopic (exact) mass is 269 g/mol. The van der Waals surface area contributed by atoms with Crippen LogP contribution in [0, 0.1) is 0 Å². The highest BCUT2D eigenvalue weighted by Gasteiger charge is 2.22. The second kappa shape index (κ2) is 6.86. The number of nitrogens with zero attached hydrogens (tertiary/aromatic N) is 3. The van der Waals surface area contributed by atoms with Gasteiger partial charge >= 0.3 is 0 Å². The molecule has 0 unspecified atom stereocenters. The fourth-order valence-corrected chi connectivity index (χ4v) is 2.55. The largest absolute Gasteiger partial charge is 0.378 e. The Kier molecular flexibility index (Phi) is 5.15. The maximum absolute atomic E-state index is 12.1. The number of hydrogen-bond acceptors (Lipinski definition) is 4. The maximum atomic E-state index is 12.1. The Labute approximate surface area is 114 Å². The lowest BCUT2D eigenvalue weighted by Gasteiger charge is -2.29. The summed E-state index contributed by atoms with van der Waals surface area (Å²) in [6, 6.07) is 0. The topological polar surface area (TPSA) is 53.1 Å². The highest BCUT2D eigenvalue weighted by molar-refractivity contribution is 5.78. The van der Waals surface area contributed by atoms with Crippen LogP contribution < -0.4 is 0 Å². The third kappa shape index (κ3) is 4.18. The zero-order valence-electron chi connectivity index (χ0n) is 11.6. The smallest absolute Gasteiger partial charge is 0.236 e. The standard InChI is InChI=1S/C13H23N3O3/c1-12(17)15-4-2-3-14(5-6-15)11-13(18)16-7-9-19-10-8-16/h2-11H2,1H3. The van der Waals surface area contributed by atoms with Gasteiger partial charge in [-0.15, -0.1) is 0 Å². The molecule has 0 spiro atoms. The summed E-state index contributed by atoms with van der Waals surface area (Å²) in [5.41, 5.74) is 0. The molecule has 2 aliphatic rings. The molecule has 2 fully saturated rings. The Balaban J connectivity index is 1.78. The van der Waals surface area contributed by atoms with Gasteiger partial charge in [-0.25, -0.2) is 0 Å². The second-order valence-electron chi connectivity index (χ2n) is 5.13. The van der Waals surface area contributed by atoms with E-state index in [1.807, 2.05) is 9.80 Å². The van der Waals surface area contributed by atoms with Crippen LogP contribution in [0.1, 0.15) is 13.3 Å². The van der Waals surface area contributed by atoms with Crippen molar-refractivity contribution >= 4 is 11.8 Å². The quantitative estimate of drug-likeness (QED) is 0.672. The Morgan fingerprint density at radius 3 is 2.37 bits per heavy atom. The molecule has 0 saturated carbocycles. The van der Waals surface area contributed by atoms with E-state index in [4.69, 9.17) is 4.74 Å². The van der Waals surface area contributed by atoms with E-state index < -0.39 is 0 Å². The minimum atomic E-state index is 0.126. The molecule has 2 amide bonds. The van der Waals surface area contributed by atoms with Gasteiger partial charge in [0.25, 0.3) is 0 Å². The molecule has 0 bridgehead atoms. The molecule has 2 aliphatic heterocycles. The van der Waals surface area contributed by atoms with Gasteiger partial charge in [0, 0.05) is 46.2 Å². The van der Waals surface area contributed by atoms with Crippen LogP contribution in [0.2, 0.25) is 0 Å². The SMILES string of the molecule is CC(=O)N1CCCN(CC(=O)N2CCOCC2)CC1. The number of rotatable bonds is 2. The average molecular weight is 269 g/mol. The van der Waals surface area contributed by atoms with Crippen LogP contribution in [-0.4, -0.2) is 85.5 Å². The third-order valence-corrected chi connectivity index (χ3v) is 3.76. The summed E-state index contributed by atoms with van der Waals surface area (Å²) in [7, 11) is 0. The number of amides is 2. The summed E-state index contributed by atoms with van der Waals surface area (Å²) in [6.45, 7) is 7.96. The van der Waals surface area contributed by atoms with Crippen molar-refractivity contribution in [1.29, 1.82) is 0 Å². The number of carbonyl (C=O) groups excluding carboxylic acids is 2. The van der Waals surface area contributed by atoms with Gasteiger partial charge in [0.1, 0.15) is 0 Å². The zero-order chi connectivity index (χ0) is 13.7. The van der Waals surface area contributed by atoms with Crippen molar-refractivity contribution in [2.24, 2.45) is 0 Å². The second-order valence-corrected chi connectivity index (χ2v) is 5.13. The van der Waals surface area contributed by atoms with Crippen molar-refractivity contribution in [3.05, 3.63) is 0 Å². The van der Waals surface area contributed by atoms with Crippen LogP contribution in [0.4, 0.5) is 0 Å². The lowest BCUT2D eigenvalue weighted by atomic mass is 10.3. The van der Waals surface area contributed by atoms with Crippen molar-refractivity contribution in [2.75, 3.05) is 59.0 Å². The molecule has 6 heteroatoms. The number of hydrogen-bond donors (Lipinski definition) is 0. The summed E-state index contributed by atoms with van der Waals surface area (Å²) >= 11 is 0. The maximum Gasteiger partial charge on any atom is 0.236 e. The molecule has 2 rings (SSSR count). The van der Waals surface area contributed by atoms with Crippen LogP contribution in [0.15, 0.2) is 0 Å². The number of ether oxygens (including phenoxy) is 1. The number of morpholine rings is 1. The zero-order valence-corrected chi connectivity index (χ0v) is 11.6. The van der Waals surface area contributed by atoms with Gasteiger partial charge in [0.15, 0.2) is 0 Å². The predicted octanol–water partition coefficient (Wildman–Crippen LogP) is -0.601. The van der Waals surface area contributed by atoms with E-state index in [-0.39, 0.29) is 11.8 Å². The van der Waals surface area contributed by atoms with E-state index in [2.05, 4.69) is 4.90 Å². The molecule has 0 aromatic carbocycles. The predicted molar refractivity (Wildman–Crippen MR) is 70.7 cm³/mol. The van der Waals surface area contributed by atoms with E-state index in [1.165, 1.54) is 0 Å². The normalized spacial score (nSPS) is 22.2. The van der Waals surface area contributed by atoms with Crippen molar-refractivity contribution in [3.63, 3.8) is 0 Å². The molecule has 2 heterocycles. The summed E-state index contributed by atoms with van der Waals surface area (Å²) in [5, 5.41) is 0. The van der Waals surface area contributed by atoms with Gasteiger partial charge in [0.2, 0.25) is 11.8 Å². The first-order valence-electron chi connectivity index (χ1n) is 7.00. The first kappa shape index (κ1) is 14.3. The fourth-order valence-electron chi connectivity index (χ4n) is 2.55. The van der Waals surface area contributed by atoms with Crippen molar-refractivity contribution in [2.45, 2.75) is 13.3 Å². The van der Waals surface area contributed by atoms with Gasteiger partial charge in [-0.1, -0.05) is 0 Å². The van der Waals surface area contributed by atoms with Crippen LogP contribution in [-0.2, 0) is 14.3 Å². The van der Waals surface area contributed by atoms with Crippen LogP contribution in [0.5, 0.6) is 0 Å². The Morgan fingerprint density at radius 2 is 1.68 bits per heavy atom. The molecule has 0 atom stereocenters. The minimum Gasteiger partial charge on any atom is -0.378 e. The van der Waals surface area contributed by atoms with Gasteiger partial charge < -0.3 is 14.5 Å². The molecule has 0 radical (unpaired) electrons. The lowest BCUT2D eigenvalue weighted by Crippen LogP contribution is -2.46. The molecular formula is C13H23N3O3. The van der Waals surface area contributed by atoms with Gasteiger partial charge in [-0.3, -0.25) is 14.5 Å². The minimum absolute atomic E-state index is 0.126. The summed E-state index contributed by atoms with van der Waals surface area (Å²) in [6.07, 6.45) is 0.940. The van der Waals surface area contributed by atoms with Crippen molar-refractivity contribution in [1.82, 2.24) is 14.7 Å². The fraction of sp³-hybridized carbons (Fsp3) is 0.846. The average Bonchev–Trinajstić information content (AvgIpc) is 2.65. The van der Waals surface area contributed by atoms with Crippen LogP contribution >= 0.6 is 0 Å². The molecule has 2 saturated heterocycles. The van der Waals surface area contributed by atoms with E-state index in [1.54, 1.807) is 6.92 Å². The molecule has 6 nitrogen and oxygen atoms in total. The molecule has 19 heavy (non-hydrogen) atoms. The van der Waals surface area contributed by atoms with Crippen molar-refractivity contribution in [3.8, 4) is 0 Å². The molecule has 0 aromatic heterocycles. The first-order chi connectivity index (χ1) is 9.16. The van der Waals surface area contributed by atoms with Crippen LogP contribution in [0.3, 0.4) is 0 Å². The molecule has 108 valence electrons. The Hall–Kier alpha value is -1.14. The molecule has 0 N–H and O–H groups in total. The van der Waals surface area contributed by atoms with Crippen molar-refractivity contribution < 1.29 is 14.3 Å². The first-order valence-corrected chi connectivity index (χ1v) is 7.00. The van der Waals surface area contributed by atoms with Crippen LogP contribution in [0.25, 0.3) is 0 Å². The number of carbonyl (C=O) groups is 2. The highest BCUT2D eigenvalue weighted by Crippen LogP contribution is 2.05. The Morgan fingerprint density at radius 1 is 0.947 bits per heavy atom.